The minimum atomic E-state index is -0.183. The van der Waals surface area contributed by atoms with E-state index in [2.05, 4.69) is 5.32 Å². The summed E-state index contributed by atoms with van der Waals surface area (Å²) < 4.78 is 5.25. The van der Waals surface area contributed by atoms with Crippen molar-refractivity contribution in [2.75, 3.05) is 7.11 Å². The molecule has 1 rings (SSSR count). The second-order valence-electron chi connectivity index (χ2n) is 4.67. The Balaban J connectivity index is 2.61. The van der Waals surface area contributed by atoms with Gasteiger partial charge in [-0.25, -0.2) is 0 Å². The molecule has 0 radical (unpaired) electrons. The van der Waals surface area contributed by atoms with Crippen molar-refractivity contribution in [3.63, 3.8) is 0 Å². The lowest BCUT2D eigenvalue weighted by atomic mass is 10.0. The van der Waals surface area contributed by atoms with Crippen LogP contribution >= 0.6 is 0 Å². The van der Waals surface area contributed by atoms with Crippen LogP contribution in [0.1, 0.15) is 25.0 Å². The van der Waals surface area contributed by atoms with Gasteiger partial charge in [0.15, 0.2) is 0 Å². The molecule has 100 valence electrons. The molecule has 0 aliphatic heterocycles. The maximum atomic E-state index is 11.8. The fourth-order valence-electron chi connectivity index (χ4n) is 1.56. The monoisotopic (exact) mass is 250 g/mol. The number of hydrogen-bond donors (Lipinski definition) is 2. The largest absolute Gasteiger partial charge is 0.496 e. The molecule has 4 heteroatoms. The van der Waals surface area contributed by atoms with E-state index in [-0.39, 0.29) is 17.9 Å². The van der Waals surface area contributed by atoms with Gasteiger partial charge in [-0.2, -0.15) is 0 Å². The van der Waals surface area contributed by atoms with Gasteiger partial charge < -0.3 is 15.8 Å². The van der Waals surface area contributed by atoms with E-state index in [0.717, 1.165) is 16.9 Å². The average molecular weight is 250 g/mol. The summed E-state index contributed by atoms with van der Waals surface area (Å²) in [6.07, 6.45) is 0. The Morgan fingerprint density at radius 2 is 2.11 bits per heavy atom. The lowest BCUT2D eigenvalue weighted by molar-refractivity contribution is -0.125. The zero-order valence-electron chi connectivity index (χ0n) is 11.5. The second-order valence-corrected chi connectivity index (χ2v) is 4.67. The molecule has 2 unspecified atom stereocenters. The van der Waals surface area contributed by atoms with Crippen LogP contribution in [0.15, 0.2) is 18.2 Å². The summed E-state index contributed by atoms with van der Waals surface area (Å²) in [5.74, 6) is 0.629. The highest BCUT2D eigenvalue weighted by molar-refractivity contribution is 5.78. The van der Waals surface area contributed by atoms with Crippen LogP contribution in [0, 0.1) is 12.8 Å². The summed E-state index contributed by atoms with van der Waals surface area (Å²) >= 11 is 0. The number of nitrogens with one attached hydrogen (secondary N) is 1. The molecule has 1 aromatic carbocycles. The summed E-state index contributed by atoms with van der Waals surface area (Å²) in [5.41, 5.74) is 7.79. The van der Waals surface area contributed by atoms with Gasteiger partial charge in [-0.05, 0) is 31.0 Å². The lowest BCUT2D eigenvalue weighted by Crippen LogP contribution is -2.38. The summed E-state index contributed by atoms with van der Waals surface area (Å²) in [4.78, 5) is 11.8. The normalized spacial score (nSPS) is 13.8. The maximum absolute atomic E-state index is 11.8. The predicted octanol–water partition coefficient (Wildman–Crippen LogP) is 1.60. The van der Waals surface area contributed by atoms with Crippen LogP contribution in [0.3, 0.4) is 0 Å². The van der Waals surface area contributed by atoms with Gasteiger partial charge in [0.2, 0.25) is 5.91 Å². The number of aryl methyl sites for hydroxylation is 1. The van der Waals surface area contributed by atoms with Crippen LogP contribution in [0.5, 0.6) is 5.75 Å². The zero-order valence-corrected chi connectivity index (χ0v) is 11.5. The Morgan fingerprint density at radius 1 is 1.44 bits per heavy atom. The van der Waals surface area contributed by atoms with Crippen molar-refractivity contribution in [1.82, 2.24) is 5.32 Å². The van der Waals surface area contributed by atoms with Crippen LogP contribution in [0.25, 0.3) is 0 Å². The molecule has 0 fully saturated rings. The van der Waals surface area contributed by atoms with Gasteiger partial charge in [-0.15, -0.1) is 0 Å². The first kappa shape index (κ1) is 14.5. The molecule has 0 heterocycles. The molecule has 0 aromatic heterocycles. The highest BCUT2D eigenvalue weighted by Crippen LogP contribution is 2.18. The molecule has 0 saturated carbocycles. The third-order valence-corrected chi connectivity index (χ3v) is 3.14. The van der Waals surface area contributed by atoms with E-state index in [1.54, 1.807) is 7.11 Å². The number of carbonyl (C=O) groups excluding carboxylic acids is 1. The molecular weight excluding hydrogens is 228 g/mol. The Morgan fingerprint density at radius 3 is 2.67 bits per heavy atom. The first-order valence-electron chi connectivity index (χ1n) is 6.12. The Labute approximate surface area is 109 Å². The Bertz CT molecular complexity index is 416. The van der Waals surface area contributed by atoms with Crippen molar-refractivity contribution in [3.05, 3.63) is 29.3 Å². The summed E-state index contributed by atoms with van der Waals surface area (Å²) in [6, 6.07) is 5.76. The molecule has 0 saturated heterocycles. The van der Waals surface area contributed by atoms with Crippen molar-refractivity contribution < 1.29 is 9.53 Å². The number of ether oxygens (including phenoxy) is 1. The fraction of sp³-hybridized carbons (Fsp3) is 0.500. The zero-order chi connectivity index (χ0) is 13.7. The number of carbonyl (C=O) groups is 1. The Hall–Kier alpha value is -1.55. The van der Waals surface area contributed by atoms with Gasteiger partial charge in [0.1, 0.15) is 5.75 Å². The first-order chi connectivity index (χ1) is 8.45. The maximum Gasteiger partial charge on any atom is 0.224 e. The van der Waals surface area contributed by atoms with E-state index in [9.17, 15) is 4.79 Å². The molecule has 0 aliphatic carbocycles. The van der Waals surface area contributed by atoms with Crippen molar-refractivity contribution in [3.8, 4) is 5.75 Å². The fourth-order valence-corrected chi connectivity index (χ4v) is 1.56. The molecule has 4 nitrogen and oxygen atoms in total. The number of methoxy groups -OCH3 is 1. The SMILES string of the molecule is COc1cc(CNC(=O)C(C)C(C)N)ccc1C. The number of rotatable bonds is 5. The van der Waals surface area contributed by atoms with Crippen LogP contribution in [-0.2, 0) is 11.3 Å². The van der Waals surface area contributed by atoms with Gasteiger partial charge in [0.25, 0.3) is 0 Å². The van der Waals surface area contributed by atoms with Crippen LogP contribution < -0.4 is 15.8 Å². The van der Waals surface area contributed by atoms with Crippen LogP contribution in [0.2, 0.25) is 0 Å². The highest BCUT2D eigenvalue weighted by atomic mass is 16.5. The van der Waals surface area contributed by atoms with Crippen molar-refractivity contribution in [2.45, 2.75) is 33.4 Å². The minimum absolute atomic E-state index is 0.0236. The predicted molar refractivity (Wildman–Crippen MR) is 72.4 cm³/mol. The van der Waals surface area contributed by atoms with E-state index in [0.29, 0.717) is 6.54 Å². The van der Waals surface area contributed by atoms with E-state index >= 15 is 0 Å². The molecule has 0 aliphatic rings. The standard InChI is InChI=1S/C14H22N2O2/c1-9-5-6-12(7-13(9)18-4)8-16-14(17)10(2)11(3)15/h5-7,10-11H,8,15H2,1-4H3,(H,16,17). The summed E-state index contributed by atoms with van der Waals surface area (Å²) in [5, 5.41) is 2.88. The van der Waals surface area contributed by atoms with E-state index < -0.39 is 0 Å². The van der Waals surface area contributed by atoms with Gasteiger partial charge in [0, 0.05) is 18.5 Å². The van der Waals surface area contributed by atoms with Gasteiger partial charge in [-0.3, -0.25) is 4.79 Å². The smallest absolute Gasteiger partial charge is 0.224 e. The molecular formula is C14H22N2O2. The van der Waals surface area contributed by atoms with Crippen LogP contribution in [0.4, 0.5) is 0 Å². The van der Waals surface area contributed by atoms with Gasteiger partial charge >= 0.3 is 0 Å². The first-order valence-corrected chi connectivity index (χ1v) is 6.12. The summed E-state index contributed by atoms with van der Waals surface area (Å²) in [6.45, 7) is 6.14. The number of nitrogens with two attached hydrogens (primary N) is 1. The molecule has 0 bridgehead atoms. The third kappa shape index (κ3) is 3.74. The minimum Gasteiger partial charge on any atom is -0.496 e. The van der Waals surface area contributed by atoms with E-state index in [4.69, 9.17) is 10.5 Å². The highest BCUT2D eigenvalue weighted by Gasteiger charge is 2.16. The quantitative estimate of drug-likeness (QED) is 0.834. The molecule has 1 amide bonds. The van der Waals surface area contributed by atoms with Crippen molar-refractivity contribution >= 4 is 5.91 Å². The molecule has 0 spiro atoms. The molecule has 18 heavy (non-hydrogen) atoms. The van der Waals surface area contributed by atoms with Gasteiger partial charge in [-0.1, -0.05) is 19.1 Å². The van der Waals surface area contributed by atoms with Crippen molar-refractivity contribution in [2.24, 2.45) is 11.7 Å². The molecule has 1 aromatic rings. The third-order valence-electron chi connectivity index (χ3n) is 3.14. The summed E-state index contributed by atoms with van der Waals surface area (Å²) in [7, 11) is 1.64. The topological polar surface area (TPSA) is 64.3 Å². The van der Waals surface area contributed by atoms with E-state index in [1.807, 2.05) is 39.0 Å². The van der Waals surface area contributed by atoms with Crippen LogP contribution in [-0.4, -0.2) is 19.1 Å². The molecule has 3 N–H and O–H groups in total. The second kappa shape index (κ2) is 6.40. The Kier molecular flexibility index (Phi) is 5.16. The number of amides is 1. The number of hydrogen-bond acceptors (Lipinski definition) is 3. The average Bonchev–Trinajstić information content (AvgIpc) is 2.36. The number of benzene rings is 1. The lowest BCUT2D eigenvalue weighted by Gasteiger charge is -2.15. The van der Waals surface area contributed by atoms with Gasteiger partial charge in [0.05, 0.1) is 7.11 Å². The van der Waals surface area contributed by atoms with E-state index in [1.165, 1.54) is 0 Å². The molecule has 2 atom stereocenters. The van der Waals surface area contributed by atoms with Crippen molar-refractivity contribution in [1.29, 1.82) is 0 Å².